The van der Waals surface area contributed by atoms with Gasteiger partial charge in [0.15, 0.2) is 0 Å². The number of ether oxygens (including phenoxy) is 2. The summed E-state index contributed by atoms with van der Waals surface area (Å²) < 4.78 is 12.9. The molecule has 0 saturated carbocycles. The van der Waals surface area contributed by atoms with E-state index in [1.54, 1.807) is 27.3 Å². The van der Waals surface area contributed by atoms with Gasteiger partial charge in [0.25, 0.3) is 0 Å². The molecule has 0 radical (unpaired) electrons. The second-order valence-electron chi connectivity index (χ2n) is 10.8. The van der Waals surface area contributed by atoms with Crippen molar-refractivity contribution >= 4 is 40.7 Å². The number of pyridine rings is 1. The zero-order chi connectivity index (χ0) is 30.1. The van der Waals surface area contributed by atoms with Crippen LogP contribution in [0.25, 0.3) is 16.9 Å². The molecule has 1 aromatic carbocycles. The van der Waals surface area contributed by atoms with Crippen LogP contribution in [-0.4, -0.2) is 102 Å². The Bertz CT molecular complexity index is 1600. The third kappa shape index (κ3) is 5.79. The van der Waals surface area contributed by atoms with Gasteiger partial charge in [-0.25, -0.2) is 19.7 Å². The number of imidazole rings is 1. The molecule has 226 valence electrons. The predicted octanol–water partition coefficient (Wildman–Crippen LogP) is 4.37. The monoisotopic (exact) mass is 606 g/mol. The highest BCUT2D eigenvalue weighted by Gasteiger charge is 2.26. The van der Waals surface area contributed by atoms with Gasteiger partial charge in [-0.15, -0.1) is 0 Å². The third-order valence-corrected chi connectivity index (χ3v) is 8.72. The number of piperazine rings is 1. The fourth-order valence-electron chi connectivity index (χ4n) is 5.83. The van der Waals surface area contributed by atoms with Crippen molar-refractivity contribution in [2.75, 3.05) is 75.2 Å². The van der Waals surface area contributed by atoms with E-state index in [2.05, 4.69) is 36.8 Å². The van der Waals surface area contributed by atoms with Gasteiger partial charge < -0.3 is 38.6 Å². The molecule has 6 rings (SSSR count). The number of piperidine rings is 1. The molecular weight excluding hydrogens is 572 g/mol. The lowest BCUT2D eigenvalue weighted by Gasteiger charge is -2.37. The van der Waals surface area contributed by atoms with E-state index in [1.165, 1.54) is 4.90 Å². The van der Waals surface area contributed by atoms with Gasteiger partial charge in [0.05, 0.1) is 43.0 Å². The van der Waals surface area contributed by atoms with Crippen LogP contribution in [0.5, 0.6) is 11.5 Å². The molecule has 2 aliphatic rings. The molecule has 12 nitrogen and oxygen atoms in total. The molecule has 2 aliphatic heterocycles. The van der Waals surface area contributed by atoms with E-state index < -0.39 is 6.09 Å². The number of fused-ring (bicyclic) bond motifs is 1. The average Bonchev–Trinajstić information content (AvgIpc) is 3.48. The van der Waals surface area contributed by atoms with Crippen molar-refractivity contribution in [3.8, 4) is 22.8 Å². The Hall–Kier alpha value is -4.45. The Morgan fingerprint density at radius 2 is 1.58 bits per heavy atom. The van der Waals surface area contributed by atoms with Crippen LogP contribution in [0.4, 0.5) is 22.1 Å². The highest BCUT2D eigenvalue weighted by atomic mass is 35.5. The maximum Gasteiger partial charge on any atom is 0.407 e. The van der Waals surface area contributed by atoms with Crippen molar-refractivity contribution in [1.82, 2.24) is 24.3 Å². The number of aromatic nitrogens is 4. The van der Waals surface area contributed by atoms with Crippen LogP contribution < -0.4 is 24.2 Å². The first-order valence-corrected chi connectivity index (χ1v) is 14.7. The molecule has 5 heterocycles. The molecule has 0 atom stereocenters. The molecule has 1 N–H and O–H groups in total. The second kappa shape index (κ2) is 12.0. The predicted molar refractivity (Wildman–Crippen MR) is 166 cm³/mol. The largest absolute Gasteiger partial charge is 0.496 e. The maximum atomic E-state index is 11.3. The summed E-state index contributed by atoms with van der Waals surface area (Å²) in [6, 6.07) is 7.85. The number of rotatable bonds is 7. The van der Waals surface area contributed by atoms with Crippen molar-refractivity contribution in [1.29, 1.82) is 0 Å². The standard InChI is InChI=1S/C30H35ClN8O4/c1-35(30(40)41)20-4-7-38(8-5-20)29-32-17-22(18-33-29)37-12-10-36(11-13-37)21-6-9-39-19-25(34-28(39)14-21)23-15-24(31)27(43-3)16-26(23)42-2/h6,9,14-20H,4-5,7-8,10-13H2,1-3H3,(H,40,41). The van der Waals surface area contributed by atoms with Gasteiger partial charge in [-0.2, -0.15) is 0 Å². The number of benzene rings is 1. The van der Waals surface area contributed by atoms with Crippen LogP contribution in [0.3, 0.4) is 0 Å². The number of hydrogen-bond donors (Lipinski definition) is 1. The van der Waals surface area contributed by atoms with Crippen LogP contribution in [-0.2, 0) is 0 Å². The zero-order valence-corrected chi connectivity index (χ0v) is 25.2. The summed E-state index contributed by atoms with van der Waals surface area (Å²) in [4.78, 5) is 33.6. The molecule has 3 aromatic heterocycles. The normalized spacial score (nSPS) is 16.0. The molecule has 0 bridgehead atoms. The van der Waals surface area contributed by atoms with Crippen LogP contribution in [0.15, 0.2) is 49.1 Å². The van der Waals surface area contributed by atoms with Crippen LogP contribution in [0, 0.1) is 0 Å². The number of carbonyl (C=O) groups is 1. The summed E-state index contributed by atoms with van der Waals surface area (Å²) in [6.07, 6.45) is 8.44. The molecule has 2 fully saturated rings. The Kier molecular flexibility index (Phi) is 8.02. The van der Waals surface area contributed by atoms with E-state index in [-0.39, 0.29) is 6.04 Å². The molecule has 4 aromatic rings. The third-order valence-electron chi connectivity index (χ3n) is 8.42. The fourth-order valence-corrected chi connectivity index (χ4v) is 6.07. The lowest BCUT2D eigenvalue weighted by molar-refractivity contribution is 0.131. The quantitative estimate of drug-likeness (QED) is 0.325. The number of nitrogens with zero attached hydrogens (tertiary/aromatic N) is 8. The average molecular weight is 607 g/mol. The number of amides is 1. The highest BCUT2D eigenvalue weighted by Crippen LogP contribution is 2.38. The molecular formula is C30H35ClN8O4. The summed E-state index contributed by atoms with van der Waals surface area (Å²) >= 11 is 6.40. The number of halogens is 1. The van der Waals surface area contributed by atoms with Gasteiger partial charge in [0, 0.05) is 88.1 Å². The second-order valence-corrected chi connectivity index (χ2v) is 11.2. The number of methoxy groups -OCH3 is 2. The van der Waals surface area contributed by atoms with Gasteiger partial charge in [-0.3, -0.25) is 0 Å². The van der Waals surface area contributed by atoms with E-state index in [0.717, 1.165) is 80.4 Å². The lowest BCUT2D eigenvalue weighted by Crippen LogP contribution is -2.47. The van der Waals surface area contributed by atoms with Crippen LogP contribution >= 0.6 is 11.6 Å². The molecule has 0 unspecified atom stereocenters. The minimum atomic E-state index is -0.883. The minimum absolute atomic E-state index is 0.0386. The van der Waals surface area contributed by atoms with Crippen molar-refractivity contribution in [3.05, 3.63) is 54.1 Å². The van der Waals surface area contributed by atoms with Gasteiger partial charge >= 0.3 is 6.09 Å². The van der Waals surface area contributed by atoms with Gasteiger partial charge in [-0.05, 0) is 25.0 Å². The van der Waals surface area contributed by atoms with Crippen molar-refractivity contribution in [2.45, 2.75) is 18.9 Å². The smallest absolute Gasteiger partial charge is 0.407 e. The molecule has 0 spiro atoms. The number of carboxylic acid groups (broad SMARTS) is 1. The molecule has 2 saturated heterocycles. The molecule has 43 heavy (non-hydrogen) atoms. The van der Waals surface area contributed by atoms with Gasteiger partial charge in [0.1, 0.15) is 17.1 Å². The van der Waals surface area contributed by atoms with Crippen molar-refractivity contribution < 1.29 is 19.4 Å². The minimum Gasteiger partial charge on any atom is -0.496 e. The molecule has 13 heteroatoms. The number of hydrogen-bond acceptors (Lipinski definition) is 9. The van der Waals surface area contributed by atoms with Crippen molar-refractivity contribution in [2.24, 2.45) is 0 Å². The maximum absolute atomic E-state index is 11.3. The SMILES string of the molecule is COc1cc(OC)c(-c2cn3ccc(N4CCN(c5cnc(N6CCC(N(C)C(=O)O)CC6)nc5)CC4)cc3n2)cc1Cl. The number of anilines is 3. The molecule has 1 amide bonds. The Balaban J connectivity index is 1.08. The van der Waals surface area contributed by atoms with E-state index in [4.69, 9.17) is 26.1 Å². The van der Waals surface area contributed by atoms with E-state index >= 15 is 0 Å². The zero-order valence-electron chi connectivity index (χ0n) is 24.5. The summed E-state index contributed by atoms with van der Waals surface area (Å²) in [5, 5.41) is 9.74. The van der Waals surface area contributed by atoms with Crippen LogP contribution in [0.2, 0.25) is 5.02 Å². The first kappa shape index (κ1) is 28.7. The van der Waals surface area contributed by atoms with E-state index in [0.29, 0.717) is 22.5 Å². The van der Waals surface area contributed by atoms with Gasteiger partial charge in [-0.1, -0.05) is 11.6 Å². The Labute approximate surface area is 255 Å². The topological polar surface area (TPSA) is 112 Å². The van der Waals surface area contributed by atoms with E-state index in [1.807, 2.05) is 35.3 Å². The summed E-state index contributed by atoms with van der Waals surface area (Å²) in [5.41, 5.74) is 4.53. The first-order valence-electron chi connectivity index (χ1n) is 14.3. The van der Waals surface area contributed by atoms with Crippen LogP contribution in [0.1, 0.15) is 12.8 Å². The first-order chi connectivity index (χ1) is 20.8. The summed E-state index contributed by atoms with van der Waals surface area (Å²) in [7, 11) is 4.83. The van der Waals surface area contributed by atoms with Crippen molar-refractivity contribution in [3.63, 3.8) is 0 Å². The van der Waals surface area contributed by atoms with E-state index in [9.17, 15) is 9.90 Å². The summed E-state index contributed by atoms with van der Waals surface area (Å²) in [6.45, 7) is 4.90. The van der Waals surface area contributed by atoms with Gasteiger partial charge in [0.2, 0.25) is 5.95 Å². The Morgan fingerprint density at radius 3 is 2.21 bits per heavy atom. The summed E-state index contributed by atoms with van der Waals surface area (Å²) in [5.74, 6) is 1.89. The molecule has 0 aliphatic carbocycles. The highest BCUT2D eigenvalue weighted by molar-refractivity contribution is 6.32. The fraction of sp³-hybridized carbons (Fsp3) is 0.400. The lowest BCUT2D eigenvalue weighted by atomic mass is 10.0. The Morgan fingerprint density at radius 1 is 0.930 bits per heavy atom.